The van der Waals surface area contributed by atoms with Crippen molar-refractivity contribution in [2.24, 2.45) is 0 Å². The molecule has 0 aliphatic carbocycles. The molecule has 1 aromatic carbocycles. The highest BCUT2D eigenvalue weighted by Crippen LogP contribution is 2.25. The van der Waals surface area contributed by atoms with E-state index in [2.05, 4.69) is 9.88 Å². The van der Waals surface area contributed by atoms with Crippen LogP contribution in [0.5, 0.6) is 0 Å². The van der Waals surface area contributed by atoms with Crippen molar-refractivity contribution in [1.29, 1.82) is 0 Å². The van der Waals surface area contributed by atoms with E-state index in [-0.39, 0.29) is 5.52 Å². The molecule has 1 aliphatic rings. The number of β-amino-alcohol motifs (C(OH)–C–C–N with tert-alkyl or cyclic N) is 1. The maximum absolute atomic E-state index is 13.6. The smallest absolute Gasteiger partial charge is 0.182 e. The fourth-order valence-electron chi connectivity index (χ4n) is 2.91. The van der Waals surface area contributed by atoms with Crippen LogP contribution in [0.3, 0.4) is 0 Å². The van der Waals surface area contributed by atoms with E-state index < -0.39 is 17.2 Å². The molecule has 1 unspecified atom stereocenters. The lowest BCUT2D eigenvalue weighted by Crippen LogP contribution is -2.30. The molecule has 0 saturated carbocycles. The highest BCUT2D eigenvalue weighted by molar-refractivity contribution is 5.83. The number of nitrogens with one attached hydrogen (secondary N) is 1. The Labute approximate surface area is 116 Å². The first-order chi connectivity index (χ1) is 9.46. The summed E-state index contributed by atoms with van der Waals surface area (Å²) in [6.07, 6.45) is 3.27. The molecule has 20 heavy (non-hydrogen) atoms. The first kappa shape index (κ1) is 13.5. The number of H-pyrrole nitrogens is 1. The monoisotopic (exact) mass is 280 g/mol. The zero-order valence-corrected chi connectivity index (χ0v) is 11.4. The van der Waals surface area contributed by atoms with Crippen molar-refractivity contribution in [2.45, 2.75) is 25.4 Å². The average molecular weight is 280 g/mol. The van der Waals surface area contributed by atoms with Crippen LogP contribution in [-0.2, 0) is 6.42 Å². The highest BCUT2D eigenvalue weighted by atomic mass is 19.2. The van der Waals surface area contributed by atoms with Gasteiger partial charge in [0.05, 0.1) is 11.1 Å². The maximum atomic E-state index is 13.6. The molecule has 0 radical (unpaired) electrons. The molecule has 1 saturated heterocycles. The summed E-state index contributed by atoms with van der Waals surface area (Å²) < 4.78 is 26.7. The van der Waals surface area contributed by atoms with Gasteiger partial charge in [0.1, 0.15) is 0 Å². The van der Waals surface area contributed by atoms with Gasteiger partial charge in [-0.2, -0.15) is 0 Å². The van der Waals surface area contributed by atoms with E-state index >= 15 is 0 Å². The molecule has 2 heterocycles. The van der Waals surface area contributed by atoms with Gasteiger partial charge in [-0.25, -0.2) is 8.78 Å². The molecule has 108 valence electrons. The summed E-state index contributed by atoms with van der Waals surface area (Å²) in [5.74, 6) is -1.65. The van der Waals surface area contributed by atoms with E-state index in [4.69, 9.17) is 0 Å². The molecule has 2 aromatic rings. The highest BCUT2D eigenvalue weighted by Gasteiger charge is 2.30. The summed E-state index contributed by atoms with van der Waals surface area (Å²) in [5, 5.41) is 10.7. The molecule has 3 nitrogen and oxygen atoms in total. The van der Waals surface area contributed by atoms with Gasteiger partial charge in [-0.05, 0) is 37.5 Å². The lowest BCUT2D eigenvalue weighted by Gasteiger charge is -2.18. The van der Waals surface area contributed by atoms with Crippen LogP contribution < -0.4 is 0 Å². The predicted molar refractivity (Wildman–Crippen MR) is 73.6 cm³/mol. The summed E-state index contributed by atoms with van der Waals surface area (Å²) in [5.41, 5.74) is 0.606. The molecule has 1 atom stereocenters. The molecule has 5 heteroatoms. The number of aromatic nitrogens is 1. The molecule has 1 fully saturated rings. The number of aromatic amines is 1. The standard InChI is InChI=1S/C15H18F2N2O/c1-15(20)5-7-19(9-15)6-4-10-8-18-14-11(10)2-3-12(16)13(14)17/h2-3,8,18,20H,4-7,9H2,1H3. The van der Waals surface area contributed by atoms with Crippen molar-refractivity contribution >= 4 is 10.9 Å². The van der Waals surface area contributed by atoms with Gasteiger partial charge >= 0.3 is 0 Å². The predicted octanol–water partition coefficient (Wildman–Crippen LogP) is 2.45. The van der Waals surface area contributed by atoms with Gasteiger partial charge in [-0.15, -0.1) is 0 Å². The summed E-state index contributed by atoms with van der Waals surface area (Å²) in [4.78, 5) is 5.00. The van der Waals surface area contributed by atoms with E-state index in [1.807, 2.05) is 6.92 Å². The van der Waals surface area contributed by atoms with Gasteiger partial charge in [0.25, 0.3) is 0 Å². The summed E-state index contributed by atoms with van der Waals surface area (Å²) in [6, 6.07) is 2.77. The number of halogens is 2. The van der Waals surface area contributed by atoms with Crippen molar-refractivity contribution < 1.29 is 13.9 Å². The van der Waals surface area contributed by atoms with Crippen LogP contribution in [0.25, 0.3) is 10.9 Å². The van der Waals surface area contributed by atoms with Gasteiger partial charge < -0.3 is 15.0 Å². The van der Waals surface area contributed by atoms with Gasteiger partial charge in [0.15, 0.2) is 11.6 Å². The molecule has 0 bridgehead atoms. The SMILES string of the molecule is CC1(O)CCN(CCc2c[nH]c3c(F)c(F)ccc23)C1. The molecule has 2 N–H and O–H groups in total. The lowest BCUT2D eigenvalue weighted by molar-refractivity contribution is 0.0690. The average Bonchev–Trinajstić information content (AvgIpc) is 2.95. The van der Waals surface area contributed by atoms with Crippen LogP contribution in [0.1, 0.15) is 18.9 Å². The number of hydrogen-bond acceptors (Lipinski definition) is 2. The van der Waals surface area contributed by atoms with Crippen molar-refractivity contribution in [2.75, 3.05) is 19.6 Å². The number of benzene rings is 1. The zero-order valence-electron chi connectivity index (χ0n) is 11.4. The first-order valence-corrected chi connectivity index (χ1v) is 6.85. The second-order valence-electron chi connectivity index (χ2n) is 5.87. The number of fused-ring (bicyclic) bond motifs is 1. The first-order valence-electron chi connectivity index (χ1n) is 6.85. The molecular weight excluding hydrogens is 262 g/mol. The quantitative estimate of drug-likeness (QED) is 0.906. The second-order valence-corrected chi connectivity index (χ2v) is 5.87. The molecular formula is C15H18F2N2O. The third-order valence-corrected chi connectivity index (χ3v) is 4.06. The third kappa shape index (κ3) is 2.43. The lowest BCUT2D eigenvalue weighted by atomic mass is 10.1. The Morgan fingerprint density at radius 2 is 2.20 bits per heavy atom. The Bertz CT molecular complexity index is 636. The number of nitrogens with zero attached hydrogens (tertiary/aromatic N) is 1. The summed E-state index contributed by atoms with van der Waals surface area (Å²) >= 11 is 0. The van der Waals surface area contributed by atoms with Crippen LogP contribution in [0.2, 0.25) is 0 Å². The van der Waals surface area contributed by atoms with Crippen molar-refractivity contribution in [3.63, 3.8) is 0 Å². The largest absolute Gasteiger partial charge is 0.389 e. The van der Waals surface area contributed by atoms with Crippen LogP contribution in [0.4, 0.5) is 8.78 Å². The van der Waals surface area contributed by atoms with E-state index in [0.29, 0.717) is 6.54 Å². The van der Waals surface area contributed by atoms with Crippen LogP contribution in [0, 0.1) is 11.6 Å². The Morgan fingerprint density at radius 1 is 1.40 bits per heavy atom. The second kappa shape index (κ2) is 4.82. The normalized spacial score (nSPS) is 23.8. The molecule has 0 spiro atoms. The topological polar surface area (TPSA) is 39.3 Å². The van der Waals surface area contributed by atoms with Crippen LogP contribution in [0.15, 0.2) is 18.3 Å². The van der Waals surface area contributed by atoms with Gasteiger partial charge in [0, 0.05) is 31.2 Å². The zero-order chi connectivity index (χ0) is 14.3. The third-order valence-electron chi connectivity index (χ3n) is 4.06. The van der Waals surface area contributed by atoms with E-state index in [1.165, 1.54) is 0 Å². The molecule has 3 rings (SSSR count). The van der Waals surface area contributed by atoms with Crippen molar-refractivity contribution in [3.05, 3.63) is 35.5 Å². The summed E-state index contributed by atoms with van der Waals surface area (Å²) in [7, 11) is 0. The van der Waals surface area contributed by atoms with Gasteiger partial charge in [-0.1, -0.05) is 0 Å². The molecule has 0 amide bonds. The van der Waals surface area contributed by atoms with Crippen LogP contribution >= 0.6 is 0 Å². The Hall–Kier alpha value is -1.46. The van der Waals surface area contributed by atoms with E-state index in [0.717, 1.165) is 42.9 Å². The minimum Gasteiger partial charge on any atom is -0.389 e. The fourth-order valence-corrected chi connectivity index (χ4v) is 2.91. The maximum Gasteiger partial charge on any atom is 0.182 e. The Balaban J connectivity index is 1.74. The fraction of sp³-hybridized carbons (Fsp3) is 0.467. The minimum atomic E-state index is -0.832. The van der Waals surface area contributed by atoms with Crippen molar-refractivity contribution in [3.8, 4) is 0 Å². The number of rotatable bonds is 3. The number of hydrogen-bond donors (Lipinski definition) is 2. The molecule has 1 aromatic heterocycles. The van der Waals surface area contributed by atoms with Crippen molar-refractivity contribution in [1.82, 2.24) is 9.88 Å². The van der Waals surface area contributed by atoms with Gasteiger partial charge in [0.2, 0.25) is 0 Å². The molecule has 1 aliphatic heterocycles. The Kier molecular flexibility index (Phi) is 3.26. The number of aliphatic hydroxyl groups is 1. The Morgan fingerprint density at radius 3 is 2.90 bits per heavy atom. The van der Waals surface area contributed by atoms with E-state index in [9.17, 15) is 13.9 Å². The minimum absolute atomic E-state index is 0.230. The van der Waals surface area contributed by atoms with E-state index in [1.54, 1.807) is 12.3 Å². The summed E-state index contributed by atoms with van der Waals surface area (Å²) in [6.45, 7) is 4.19. The number of likely N-dealkylation sites (tertiary alicyclic amines) is 1. The van der Waals surface area contributed by atoms with Gasteiger partial charge in [-0.3, -0.25) is 0 Å². The van der Waals surface area contributed by atoms with Crippen LogP contribution in [-0.4, -0.2) is 40.2 Å².